The lowest BCUT2D eigenvalue weighted by Gasteiger charge is -2.31. The van der Waals surface area contributed by atoms with E-state index in [1.807, 2.05) is 19.1 Å². The highest BCUT2D eigenvalue weighted by Crippen LogP contribution is 2.48. The number of benzene rings is 2. The molecular weight excluding hydrogens is 547 g/mol. The number of hydrogen-bond acceptors (Lipinski definition) is 6. The summed E-state index contributed by atoms with van der Waals surface area (Å²) in [7, 11) is 3.23. The first-order valence-corrected chi connectivity index (χ1v) is 15.3. The Kier molecular flexibility index (Phi) is 9.67. The van der Waals surface area contributed by atoms with E-state index in [1.165, 1.54) is 13.3 Å². The van der Waals surface area contributed by atoms with Crippen molar-refractivity contribution in [2.24, 2.45) is 11.8 Å². The average Bonchev–Trinajstić information content (AvgIpc) is 3.85. The Balaban J connectivity index is 1.49. The predicted octanol–water partition coefficient (Wildman–Crippen LogP) is 7.03. The number of rotatable bonds is 13. The van der Waals surface area contributed by atoms with Gasteiger partial charge in [-0.2, -0.15) is 0 Å². The molecule has 1 fully saturated rings. The first-order chi connectivity index (χ1) is 20.7. The van der Waals surface area contributed by atoms with Gasteiger partial charge in [-0.05, 0) is 84.9 Å². The third-order valence-electron chi connectivity index (χ3n) is 9.12. The van der Waals surface area contributed by atoms with Crippen LogP contribution in [0, 0.1) is 17.7 Å². The molecule has 2 heterocycles. The number of nitrogens with zero attached hydrogens (tertiary/aromatic N) is 2. The number of aromatic nitrogens is 1. The smallest absolute Gasteiger partial charge is 0.306 e. The zero-order valence-corrected chi connectivity index (χ0v) is 25.8. The molecule has 1 N–H and O–H groups in total. The summed E-state index contributed by atoms with van der Waals surface area (Å²) in [6.45, 7) is 8.07. The number of halogens is 1. The van der Waals surface area contributed by atoms with Crippen LogP contribution >= 0.6 is 0 Å². The number of likely N-dealkylation sites (N-methyl/N-ethyl adjacent to an activating group) is 1. The number of methoxy groups -OCH3 is 2. The standard InChI is InChI=1S/C35H43FN2O5/c1-6-38(21(2)20-41-4)19-27-15-25(11-13-28(27)29-17-33(42-5)37-18-30(29)36)31-14-12-23-7-10-26(16-32(23)43-31)34(24-8-9-24)22(3)35(39)40/h7,10-11,13,15-18,21-22,24,31,34H,6,8-9,12,14,19-20H2,1-5H3,(H,39,40)/t21?,22?,31?,34-/m0/s1. The molecule has 0 spiro atoms. The number of pyridine rings is 1. The van der Waals surface area contributed by atoms with Crippen LogP contribution in [0.1, 0.15) is 74.3 Å². The molecule has 0 radical (unpaired) electrons. The summed E-state index contributed by atoms with van der Waals surface area (Å²) in [5.41, 5.74) is 5.44. The molecule has 5 rings (SSSR count). The van der Waals surface area contributed by atoms with Gasteiger partial charge in [0.25, 0.3) is 0 Å². The number of aryl methyl sites for hydroxylation is 1. The van der Waals surface area contributed by atoms with Gasteiger partial charge in [-0.1, -0.05) is 44.2 Å². The molecule has 3 unspecified atom stereocenters. The van der Waals surface area contributed by atoms with E-state index in [4.69, 9.17) is 14.2 Å². The van der Waals surface area contributed by atoms with Gasteiger partial charge in [-0.3, -0.25) is 9.69 Å². The number of hydrogen-bond donors (Lipinski definition) is 1. The van der Waals surface area contributed by atoms with Gasteiger partial charge in [-0.15, -0.1) is 0 Å². The average molecular weight is 591 g/mol. The molecule has 8 heteroatoms. The number of aliphatic carboxylic acids is 1. The molecule has 3 aromatic rings. The first kappa shape index (κ1) is 31.0. The number of ether oxygens (including phenoxy) is 3. The normalized spacial score (nSPS) is 18.4. The molecule has 1 aliphatic heterocycles. The molecule has 2 aliphatic rings. The van der Waals surface area contributed by atoms with Gasteiger partial charge >= 0.3 is 5.97 Å². The molecule has 0 amide bonds. The lowest BCUT2D eigenvalue weighted by Crippen LogP contribution is -2.35. The molecule has 7 nitrogen and oxygen atoms in total. The van der Waals surface area contributed by atoms with E-state index in [2.05, 4.69) is 48.0 Å². The van der Waals surface area contributed by atoms with Crippen LogP contribution < -0.4 is 9.47 Å². The van der Waals surface area contributed by atoms with Gasteiger partial charge in [0.2, 0.25) is 5.88 Å². The van der Waals surface area contributed by atoms with Crippen molar-refractivity contribution in [3.63, 3.8) is 0 Å². The second kappa shape index (κ2) is 13.4. The number of fused-ring (bicyclic) bond motifs is 1. The van der Waals surface area contributed by atoms with Crippen molar-refractivity contribution in [1.82, 2.24) is 9.88 Å². The highest BCUT2D eigenvalue weighted by atomic mass is 19.1. The third kappa shape index (κ3) is 6.86. The molecule has 230 valence electrons. The number of carboxylic acids is 1. The Bertz CT molecular complexity index is 1440. The maximum absolute atomic E-state index is 15.1. The fourth-order valence-corrected chi connectivity index (χ4v) is 6.50. The minimum absolute atomic E-state index is 0.0148. The highest BCUT2D eigenvalue weighted by Gasteiger charge is 2.39. The van der Waals surface area contributed by atoms with Gasteiger partial charge in [-0.25, -0.2) is 9.37 Å². The lowest BCUT2D eigenvalue weighted by atomic mass is 9.82. The van der Waals surface area contributed by atoms with Crippen molar-refractivity contribution >= 4 is 5.97 Å². The van der Waals surface area contributed by atoms with Crippen LogP contribution in [0.4, 0.5) is 4.39 Å². The molecule has 2 aromatic carbocycles. The molecule has 1 saturated carbocycles. The summed E-state index contributed by atoms with van der Waals surface area (Å²) < 4.78 is 32.5. The molecule has 0 saturated heterocycles. The SMILES string of the molecule is CCN(Cc1cc(C2CCc3ccc([C@H](C4CC4)C(C)C(=O)O)cc3O2)ccc1-c1cc(OC)ncc1F)C(C)COC. The Morgan fingerprint density at radius 1 is 1.12 bits per heavy atom. The van der Waals surface area contributed by atoms with Crippen LogP contribution in [0.3, 0.4) is 0 Å². The third-order valence-corrected chi connectivity index (χ3v) is 9.12. The maximum Gasteiger partial charge on any atom is 0.306 e. The summed E-state index contributed by atoms with van der Waals surface area (Å²) in [5.74, 6) is -0.0296. The van der Waals surface area contributed by atoms with Crippen molar-refractivity contribution in [2.45, 2.75) is 71.1 Å². The Hall–Kier alpha value is -3.49. The van der Waals surface area contributed by atoms with Crippen LogP contribution in [0.15, 0.2) is 48.7 Å². The van der Waals surface area contributed by atoms with E-state index < -0.39 is 17.7 Å². The van der Waals surface area contributed by atoms with Gasteiger partial charge in [0.15, 0.2) is 0 Å². The molecule has 0 bridgehead atoms. The summed E-state index contributed by atoms with van der Waals surface area (Å²) in [6.07, 6.45) is 4.85. The van der Waals surface area contributed by atoms with Gasteiger partial charge in [0, 0.05) is 31.3 Å². The fourth-order valence-electron chi connectivity index (χ4n) is 6.50. The van der Waals surface area contributed by atoms with Crippen molar-refractivity contribution in [1.29, 1.82) is 0 Å². The molecular formula is C35H43FN2O5. The van der Waals surface area contributed by atoms with Crippen molar-refractivity contribution in [2.75, 3.05) is 27.4 Å². The zero-order chi connectivity index (χ0) is 30.7. The minimum Gasteiger partial charge on any atom is -0.485 e. The monoisotopic (exact) mass is 590 g/mol. The van der Waals surface area contributed by atoms with Crippen molar-refractivity contribution in [3.8, 4) is 22.8 Å². The number of carboxylic acid groups (broad SMARTS) is 1. The summed E-state index contributed by atoms with van der Waals surface area (Å²) in [4.78, 5) is 18.2. The van der Waals surface area contributed by atoms with Crippen LogP contribution in [0.2, 0.25) is 0 Å². The van der Waals surface area contributed by atoms with Crippen molar-refractivity contribution < 1.29 is 28.5 Å². The molecule has 1 aromatic heterocycles. The molecule has 1 aliphatic carbocycles. The summed E-state index contributed by atoms with van der Waals surface area (Å²) in [6, 6.07) is 14.2. The van der Waals surface area contributed by atoms with E-state index >= 15 is 4.39 Å². The predicted molar refractivity (Wildman–Crippen MR) is 164 cm³/mol. The van der Waals surface area contributed by atoms with E-state index in [0.29, 0.717) is 30.5 Å². The fraction of sp³-hybridized carbons (Fsp3) is 0.486. The Labute approximate surface area is 254 Å². The van der Waals surface area contributed by atoms with Gasteiger partial charge in [0.05, 0.1) is 25.8 Å². The van der Waals surface area contributed by atoms with E-state index in [0.717, 1.165) is 65.8 Å². The summed E-state index contributed by atoms with van der Waals surface area (Å²) >= 11 is 0. The highest BCUT2D eigenvalue weighted by molar-refractivity contribution is 5.71. The Morgan fingerprint density at radius 3 is 2.58 bits per heavy atom. The van der Waals surface area contributed by atoms with Crippen LogP contribution in [0.5, 0.6) is 11.6 Å². The summed E-state index contributed by atoms with van der Waals surface area (Å²) in [5, 5.41) is 9.77. The Morgan fingerprint density at radius 2 is 1.91 bits per heavy atom. The van der Waals surface area contributed by atoms with E-state index in [-0.39, 0.29) is 18.1 Å². The largest absolute Gasteiger partial charge is 0.485 e. The van der Waals surface area contributed by atoms with Crippen molar-refractivity contribution in [3.05, 3.63) is 76.7 Å². The molecule has 4 atom stereocenters. The quantitative estimate of drug-likeness (QED) is 0.229. The van der Waals surface area contributed by atoms with Crippen LogP contribution in [0.25, 0.3) is 11.1 Å². The number of carbonyl (C=O) groups is 1. The van der Waals surface area contributed by atoms with Gasteiger partial charge < -0.3 is 19.3 Å². The van der Waals surface area contributed by atoms with Crippen LogP contribution in [-0.4, -0.2) is 54.4 Å². The van der Waals surface area contributed by atoms with E-state index in [1.54, 1.807) is 13.2 Å². The second-order valence-corrected chi connectivity index (χ2v) is 12.0. The lowest BCUT2D eigenvalue weighted by molar-refractivity contribution is -0.142. The topological polar surface area (TPSA) is 81.1 Å². The minimum atomic E-state index is -0.759. The zero-order valence-electron chi connectivity index (χ0n) is 25.8. The first-order valence-electron chi connectivity index (χ1n) is 15.3. The van der Waals surface area contributed by atoms with E-state index in [9.17, 15) is 9.90 Å². The van der Waals surface area contributed by atoms with Crippen LogP contribution in [-0.2, 0) is 22.5 Å². The van der Waals surface area contributed by atoms with Gasteiger partial charge in [0.1, 0.15) is 17.7 Å². The maximum atomic E-state index is 15.1. The molecule has 43 heavy (non-hydrogen) atoms. The second-order valence-electron chi connectivity index (χ2n) is 12.0.